The van der Waals surface area contributed by atoms with Gasteiger partial charge in [0.1, 0.15) is 12.2 Å². The van der Waals surface area contributed by atoms with E-state index in [-0.39, 0.29) is 10.6 Å². The van der Waals surface area contributed by atoms with Gasteiger partial charge in [-0.05, 0) is 48.9 Å². The van der Waals surface area contributed by atoms with Crippen molar-refractivity contribution >= 4 is 39.4 Å². The van der Waals surface area contributed by atoms with Gasteiger partial charge in [0.25, 0.3) is 21.5 Å². The normalized spacial score (nSPS) is 11.5. The van der Waals surface area contributed by atoms with Crippen LogP contribution in [0.3, 0.4) is 0 Å². The van der Waals surface area contributed by atoms with Gasteiger partial charge in [0.15, 0.2) is 0 Å². The molecule has 0 aliphatic carbocycles. The Morgan fingerprint density at radius 2 is 1.68 bits per heavy atom. The molecular formula is C26H24ClN5O4S. The van der Waals surface area contributed by atoms with Crippen LogP contribution >= 0.6 is 11.6 Å². The minimum atomic E-state index is -4.29. The summed E-state index contributed by atoms with van der Waals surface area (Å²) < 4.78 is 31.1. The molecule has 0 saturated heterocycles. The molecule has 1 amide bonds. The van der Waals surface area contributed by atoms with Crippen LogP contribution in [0.5, 0.6) is 0 Å². The molecule has 0 aliphatic rings. The van der Waals surface area contributed by atoms with Crippen LogP contribution in [0.15, 0.2) is 99.7 Å². The topological polar surface area (TPSA) is 106 Å². The first kappa shape index (κ1) is 25.9. The molecule has 1 N–H and O–H groups in total. The zero-order valence-corrected chi connectivity index (χ0v) is 21.6. The molecule has 0 saturated carbocycles. The number of carbonyl (C=O) groups excluding carboxylic acids is 1. The van der Waals surface area contributed by atoms with Crippen molar-refractivity contribution in [3.05, 3.63) is 112 Å². The fourth-order valence-corrected chi connectivity index (χ4v) is 5.47. The lowest BCUT2D eigenvalue weighted by atomic mass is 10.2. The highest BCUT2D eigenvalue weighted by Gasteiger charge is 2.33. The van der Waals surface area contributed by atoms with Crippen LogP contribution < -0.4 is 15.3 Å². The van der Waals surface area contributed by atoms with Gasteiger partial charge in [0, 0.05) is 12.1 Å². The number of hydrogen-bond acceptors (Lipinski definition) is 5. The summed E-state index contributed by atoms with van der Waals surface area (Å²) in [5.41, 5.74) is 3.18. The maximum Gasteiger partial charge on any atom is 0.296 e. The Balaban J connectivity index is 1.74. The number of benzene rings is 3. The van der Waals surface area contributed by atoms with Gasteiger partial charge in [0.05, 0.1) is 22.5 Å². The van der Waals surface area contributed by atoms with Crippen molar-refractivity contribution in [1.82, 2.24) is 14.8 Å². The predicted octanol–water partition coefficient (Wildman–Crippen LogP) is 3.48. The summed E-state index contributed by atoms with van der Waals surface area (Å²) in [6.45, 7) is 0.956. The number of rotatable bonds is 8. The number of para-hydroxylation sites is 1. The molecule has 0 atom stereocenters. The Bertz CT molecular complexity index is 1610. The van der Waals surface area contributed by atoms with Gasteiger partial charge in [-0.15, -0.1) is 0 Å². The number of nitrogens with zero attached hydrogens (tertiary/aromatic N) is 4. The van der Waals surface area contributed by atoms with E-state index in [9.17, 15) is 18.0 Å². The van der Waals surface area contributed by atoms with Crippen molar-refractivity contribution < 1.29 is 13.2 Å². The first-order valence-electron chi connectivity index (χ1n) is 11.2. The van der Waals surface area contributed by atoms with E-state index in [0.29, 0.717) is 22.0 Å². The van der Waals surface area contributed by atoms with E-state index in [1.54, 1.807) is 85.4 Å². The number of hydrogen-bond donors (Lipinski definition) is 1. The lowest BCUT2D eigenvalue weighted by Crippen LogP contribution is -2.42. The largest absolute Gasteiger partial charge is 0.296 e. The van der Waals surface area contributed by atoms with Crippen LogP contribution in [-0.2, 0) is 21.9 Å². The molecule has 0 fully saturated rings. The molecule has 9 nitrogen and oxygen atoms in total. The highest BCUT2D eigenvalue weighted by atomic mass is 35.5. The fourth-order valence-electron chi connectivity index (χ4n) is 3.78. The SMILES string of the molecule is Cc1c(N(CC(=O)N/N=C\c2cccc(Cl)c2)S(=O)(=O)c2ccccc2)c(=O)n(-c2ccccc2)n1C. The number of nitrogens with one attached hydrogen (secondary N) is 1. The van der Waals surface area contributed by atoms with Crippen molar-refractivity contribution in [1.29, 1.82) is 0 Å². The van der Waals surface area contributed by atoms with Crippen LogP contribution in [0, 0.1) is 6.92 Å². The number of sulfonamides is 1. The molecule has 3 aromatic carbocycles. The molecule has 0 aliphatic heterocycles. The monoisotopic (exact) mass is 537 g/mol. The van der Waals surface area contributed by atoms with Crippen LogP contribution in [-0.4, -0.2) is 36.4 Å². The number of anilines is 1. The highest BCUT2D eigenvalue weighted by molar-refractivity contribution is 7.92. The van der Waals surface area contributed by atoms with Gasteiger partial charge in [-0.1, -0.05) is 60.1 Å². The number of halogens is 1. The molecule has 0 spiro atoms. The van der Waals surface area contributed by atoms with Gasteiger partial charge in [-0.2, -0.15) is 5.10 Å². The quantitative estimate of drug-likeness (QED) is 0.274. The van der Waals surface area contributed by atoms with Crippen molar-refractivity contribution in [2.24, 2.45) is 12.1 Å². The molecule has 190 valence electrons. The maximum absolute atomic E-state index is 13.7. The van der Waals surface area contributed by atoms with Crippen LogP contribution in [0.4, 0.5) is 5.69 Å². The van der Waals surface area contributed by atoms with Gasteiger partial charge in [-0.3, -0.25) is 14.3 Å². The van der Waals surface area contributed by atoms with Crippen LogP contribution in [0.2, 0.25) is 5.02 Å². The Kier molecular flexibility index (Phi) is 7.61. The summed E-state index contributed by atoms with van der Waals surface area (Å²) in [6, 6.07) is 23.3. The third kappa shape index (κ3) is 5.50. The van der Waals surface area contributed by atoms with Gasteiger partial charge >= 0.3 is 0 Å². The van der Waals surface area contributed by atoms with Crippen molar-refractivity contribution in [3.8, 4) is 5.69 Å². The Morgan fingerprint density at radius 1 is 1.03 bits per heavy atom. The van der Waals surface area contributed by atoms with E-state index in [2.05, 4.69) is 10.5 Å². The second-order valence-electron chi connectivity index (χ2n) is 8.08. The van der Waals surface area contributed by atoms with E-state index in [1.807, 2.05) is 6.07 Å². The Hall–Kier alpha value is -4.15. The van der Waals surface area contributed by atoms with Crippen LogP contribution in [0.1, 0.15) is 11.3 Å². The molecule has 1 heterocycles. The second kappa shape index (κ2) is 10.9. The predicted molar refractivity (Wildman–Crippen MR) is 144 cm³/mol. The second-order valence-corrected chi connectivity index (χ2v) is 10.4. The minimum Gasteiger partial charge on any atom is -0.283 e. The third-order valence-corrected chi connectivity index (χ3v) is 7.64. The molecular weight excluding hydrogens is 514 g/mol. The average Bonchev–Trinajstić information content (AvgIpc) is 3.11. The fraction of sp³-hybridized carbons (Fsp3) is 0.115. The van der Waals surface area contributed by atoms with E-state index in [4.69, 9.17) is 11.6 Å². The molecule has 4 rings (SSSR count). The van der Waals surface area contributed by atoms with E-state index >= 15 is 0 Å². The lowest BCUT2D eigenvalue weighted by Gasteiger charge is -2.22. The first-order chi connectivity index (χ1) is 17.7. The highest BCUT2D eigenvalue weighted by Crippen LogP contribution is 2.25. The van der Waals surface area contributed by atoms with Gasteiger partial charge < -0.3 is 0 Å². The number of aromatic nitrogens is 2. The number of amides is 1. The molecule has 0 unspecified atom stereocenters. The van der Waals surface area contributed by atoms with E-state index in [1.165, 1.54) is 23.0 Å². The molecule has 0 radical (unpaired) electrons. The Morgan fingerprint density at radius 3 is 2.32 bits per heavy atom. The molecule has 37 heavy (non-hydrogen) atoms. The molecule has 4 aromatic rings. The zero-order valence-electron chi connectivity index (χ0n) is 20.1. The zero-order chi connectivity index (χ0) is 26.6. The summed E-state index contributed by atoms with van der Waals surface area (Å²) in [7, 11) is -2.64. The summed E-state index contributed by atoms with van der Waals surface area (Å²) in [5, 5.41) is 4.41. The van der Waals surface area contributed by atoms with Crippen molar-refractivity contribution in [2.75, 3.05) is 10.8 Å². The first-order valence-corrected chi connectivity index (χ1v) is 13.0. The van der Waals surface area contributed by atoms with E-state index in [0.717, 1.165) is 4.31 Å². The van der Waals surface area contributed by atoms with Gasteiger partial charge in [0.2, 0.25) is 0 Å². The summed E-state index contributed by atoms with van der Waals surface area (Å²) in [6.07, 6.45) is 1.38. The van der Waals surface area contributed by atoms with Crippen LogP contribution in [0.25, 0.3) is 5.69 Å². The van der Waals surface area contributed by atoms with Crippen molar-refractivity contribution in [2.45, 2.75) is 11.8 Å². The summed E-state index contributed by atoms with van der Waals surface area (Å²) >= 11 is 5.96. The minimum absolute atomic E-state index is 0.0563. The van der Waals surface area contributed by atoms with E-state index < -0.39 is 28.0 Å². The van der Waals surface area contributed by atoms with Gasteiger partial charge in [-0.25, -0.2) is 22.8 Å². The molecule has 1 aromatic heterocycles. The average molecular weight is 538 g/mol. The number of hydrazone groups is 1. The maximum atomic E-state index is 13.7. The molecule has 0 bridgehead atoms. The van der Waals surface area contributed by atoms with Crippen molar-refractivity contribution in [3.63, 3.8) is 0 Å². The summed E-state index contributed by atoms with van der Waals surface area (Å²) in [4.78, 5) is 26.4. The standard InChI is InChI=1S/C26H24ClN5O4S/c1-19-25(26(34)32(30(19)2)22-12-5-3-6-13-22)31(37(35,36)23-14-7-4-8-15-23)18-24(33)29-28-17-20-10-9-11-21(27)16-20/h3-17H,18H2,1-2H3,(H,29,33)/b28-17-. The Labute approximate surface area is 219 Å². The number of carbonyl (C=O) groups is 1. The smallest absolute Gasteiger partial charge is 0.283 e. The third-order valence-electron chi connectivity index (χ3n) is 5.64. The summed E-state index contributed by atoms with van der Waals surface area (Å²) in [5.74, 6) is -0.730. The molecule has 11 heteroatoms. The lowest BCUT2D eigenvalue weighted by molar-refractivity contribution is -0.119.